The third-order valence-electron chi connectivity index (χ3n) is 3.33. The summed E-state index contributed by atoms with van der Waals surface area (Å²) in [4.78, 5) is 25.4. The Morgan fingerprint density at radius 2 is 2.18 bits per heavy atom. The van der Waals surface area contributed by atoms with E-state index < -0.39 is 6.10 Å². The van der Waals surface area contributed by atoms with Crippen molar-refractivity contribution in [2.75, 3.05) is 29.9 Å². The lowest BCUT2D eigenvalue weighted by Gasteiger charge is -2.17. The summed E-state index contributed by atoms with van der Waals surface area (Å²) in [6, 6.07) is 7.13. The van der Waals surface area contributed by atoms with E-state index >= 15 is 0 Å². The maximum Gasteiger partial charge on any atom is 0.321 e. The molecule has 0 unspecified atom stereocenters. The van der Waals surface area contributed by atoms with Crippen LogP contribution >= 0.6 is 0 Å². The Hall–Kier alpha value is -2.08. The monoisotopic (exact) mass is 305 g/mol. The first-order chi connectivity index (χ1) is 10.5. The molecule has 0 aromatic heterocycles. The van der Waals surface area contributed by atoms with Crippen molar-refractivity contribution < 1.29 is 14.3 Å². The van der Waals surface area contributed by atoms with E-state index in [2.05, 4.69) is 10.6 Å². The van der Waals surface area contributed by atoms with Gasteiger partial charge in [0.1, 0.15) is 6.10 Å². The van der Waals surface area contributed by atoms with E-state index in [9.17, 15) is 9.59 Å². The van der Waals surface area contributed by atoms with Crippen LogP contribution in [-0.4, -0.2) is 37.7 Å². The molecule has 1 heterocycles. The smallest absolute Gasteiger partial charge is 0.321 e. The summed E-state index contributed by atoms with van der Waals surface area (Å²) in [5.41, 5.74) is 1.42. The van der Waals surface area contributed by atoms with Crippen LogP contribution in [0.15, 0.2) is 24.3 Å². The number of carbonyl (C=O) groups is 2. The number of urea groups is 1. The van der Waals surface area contributed by atoms with Crippen molar-refractivity contribution in [1.82, 2.24) is 5.32 Å². The van der Waals surface area contributed by atoms with Gasteiger partial charge in [0.15, 0.2) is 0 Å². The molecule has 3 amide bonds. The van der Waals surface area contributed by atoms with Gasteiger partial charge in [-0.25, -0.2) is 4.79 Å². The highest BCUT2D eigenvalue weighted by atomic mass is 16.5. The van der Waals surface area contributed by atoms with Crippen molar-refractivity contribution in [1.29, 1.82) is 0 Å². The third-order valence-corrected chi connectivity index (χ3v) is 3.33. The number of nitrogens with one attached hydrogen (secondary N) is 2. The molecule has 1 fully saturated rings. The van der Waals surface area contributed by atoms with Crippen LogP contribution in [0.25, 0.3) is 0 Å². The van der Waals surface area contributed by atoms with Crippen LogP contribution < -0.4 is 15.5 Å². The Kier molecular flexibility index (Phi) is 5.38. The summed E-state index contributed by atoms with van der Waals surface area (Å²) in [7, 11) is 0. The van der Waals surface area contributed by atoms with E-state index in [1.54, 1.807) is 24.0 Å². The fraction of sp³-hybridized carbons (Fsp3) is 0.500. The van der Waals surface area contributed by atoms with Crippen molar-refractivity contribution in [2.45, 2.75) is 26.9 Å². The van der Waals surface area contributed by atoms with Gasteiger partial charge in [0.25, 0.3) is 5.91 Å². The molecule has 1 aromatic rings. The SMILES string of the molecule is CC(C)CO[C@@H](C)C(=O)Nc1cccc(N2CCNC2=O)c1. The van der Waals surface area contributed by atoms with Gasteiger partial charge >= 0.3 is 6.03 Å². The number of benzene rings is 1. The van der Waals surface area contributed by atoms with Gasteiger partial charge in [-0.2, -0.15) is 0 Å². The Morgan fingerprint density at radius 1 is 1.41 bits per heavy atom. The van der Waals surface area contributed by atoms with Gasteiger partial charge in [-0.1, -0.05) is 19.9 Å². The van der Waals surface area contributed by atoms with Crippen LogP contribution in [0, 0.1) is 5.92 Å². The summed E-state index contributed by atoms with van der Waals surface area (Å²) in [6.45, 7) is 7.61. The van der Waals surface area contributed by atoms with Crippen molar-refractivity contribution in [3.05, 3.63) is 24.3 Å². The molecule has 6 heteroatoms. The minimum absolute atomic E-state index is 0.114. The van der Waals surface area contributed by atoms with Crippen LogP contribution in [0.2, 0.25) is 0 Å². The summed E-state index contributed by atoms with van der Waals surface area (Å²) in [5, 5.41) is 5.58. The Bertz CT molecular complexity index is 545. The fourth-order valence-electron chi connectivity index (χ4n) is 2.13. The summed E-state index contributed by atoms with van der Waals surface area (Å²) in [6.07, 6.45) is -0.513. The molecule has 0 radical (unpaired) electrons. The van der Waals surface area contributed by atoms with Crippen LogP contribution in [0.3, 0.4) is 0 Å². The van der Waals surface area contributed by atoms with Gasteiger partial charge in [-0.15, -0.1) is 0 Å². The zero-order valence-electron chi connectivity index (χ0n) is 13.3. The highest BCUT2D eigenvalue weighted by Gasteiger charge is 2.21. The first-order valence-electron chi connectivity index (χ1n) is 7.55. The highest BCUT2D eigenvalue weighted by Crippen LogP contribution is 2.21. The lowest BCUT2D eigenvalue weighted by atomic mass is 10.2. The largest absolute Gasteiger partial charge is 0.368 e. The lowest BCUT2D eigenvalue weighted by Crippen LogP contribution is -2.29. The molecule has 1 aromatic carbocycles. The molecule has 0 saturated carbocycles. The van der Waals surface area contributed by atoms with E-state index in [0.717, 1.165) is 5.69 Å². The highest BCUT2D eigenvalue weighted by molar-refractivity contribution is 5.97. The topological polar surface area (TPSA) is 70.7 Å². The van der Waals surface area contributed by atoms with Crippen LogP contribution in [0.1, 0.15) is 20.8 Å². The van der Waals surface area contributed by atoms with E-state index in [0.29, 0.717) is 31.3 Å². The zero-order chi connectivity index (χ0) is 16.1. The number of carbonyl (C=O) groups excluding carboxylic acids is 2. The molecular weight excluding hydrogens is 282 g/mol. The predicted molar refractivity (Wildman–Crippen MR) is 86.1 cm³/mol. The summed E-state index contributed by atoms with van der Waals surface area (Å²) < 4.78 is 5.50. The normalized spacial score (nSPS) is 15.8. The van der Waals surface area contributed by atoms with Gasteiger partial charge in [0.2, 0.25) is 0 Å². The number of ether oxygens (including phenoxy) is 1. The summed E-state index contributed by atoms with van der Waals surface area (Å²) in [5.74, 6) is 0.191. The van der Waals surface area contributed by atoms with Gasteiger partial charge in [-0.3, -0.25) is 9.69 Å². The second kappa shape index (κ2) is 7.26. The van der Waals surface area contributed by atoms with Crippen molar-refractivity contribution in [2.24, 2.45) is 5.92 Å². The standard InChI is InChI=1S/C16H23N3O3/c1-11(2)10-22-12(3)15(20)18-13-5-4-6-14(9-13)19-8-7-17-16(19)21/h4-6,9,11-12H,7-8,10H2,1-3H3,(H,17,21)(H,18,20)/t12-/m0/s1. The first-order valence-corrected chi connectivity index (χ1v) is 7.55. The van der Waals surface area contributed by atoms with Crippen LogP contribution in [0.5, 0.6) is 0 Å². The second-order valence-electron chi connectivity index (χ2n) is 5.79. The van der Waals surface area contributed by atoms with Crippen molar-refractivity contribution >= 4 is 23.3 Å². The average molecular weight is 305 g/mol. The molecular formula is C16H23N3O3. The molecule has 6 nitrogen and oxygen atoms in total. The molecule has 120 valence electrons. The zero-order valence-corrected chi connectivity index (χ0v) is 13.3. The number of anilines is 2. The van der Waals surface area contributed by atoms with Gasteiger partial charge in [0, 0.05) is 31.1 Å². The maximum absolute atomic E-state index is 12.1. The first kappa shape index (κ1) is 16.3. The molecule has 2 rings (SSSR count). The molecule has 2 N–H and O–H groups in total. The maximum atomic E-state index is 12.1. The van der Waals surface area contributed by atoms with Crippen LogP contribution in [0.4, 0.5) is 16.2 Å². The van der Waals surface area contributed by atoms with E-state index in [4.69, 9.17) is 4.74 Å². The minimum atomic E-state index is -0.513. The Balaban J connectivity index is 1.98. The van der Waals surface area contributed by atoms with Crippen molar-refractivity contribution in [3.8, 4) is 0 Å². The molecule has 1 aliphatic heterocycles. The molecule has 0 spiro atoms. The molecule has 0 aliphatic carbocycles. The Labute approximate surface area is 130 Å². The van der Waals surface area contributed by atoms with Gasteiger partial charge in [0.05, 0.1) is 0 Å². The van der Waals surface area contributed by atoms with E-state index in [1.807, 2.05) is 26.0 Å². The van der Waals surface area contributed by atoms with Gasteiger partial charge < -0.3 is 15.4 Å². The third kappa shape index (κ3) is 4.21. The average Bonchev–Trinajstić information content (AvgIpc) is 2.91. The predicted octanol–water partition coefficient (Wildman–Crippen LogP) is 2.22. The van der Waals surface area contributed by atoms with E-state index in [-0.39, 0.29) is 11.9 Å². The number of rotatable bonds is 6. The van der Waals surface area contributed by atoms with Gasteiger partial charge in [-0.05, 0) is 31.0 Å². The second-order valence-corrected chi connectivity index (χ2v) is 5.79. The molecule has 0 bridgehead atoms. The number of amides is 3. The minimum Gasteiger partial charge on any atom is -0.368 e. The lowest BCUT2D eigenvalue weighted by molar-refractivity contribution is -0.126. The number of hydrogen-bond acceptors (Lipinski definition) is 3. The summed E-state index contributed by atoms with van der Waals surface area (Å²) >= 11 is 0. The molecule has 1 atom stereocenters. The molecule has 22 heavy (non-hydrogen) atoms. The quantitative estimate of drug-likeness (QED) is 0.846. The van der Waals surface area contributed by atoms with Crippen LogP contribution in [-0.2, 0) is 9.53 Å². The van der Waals surface area contributed by atoms with Crippen molar-refractivity contribution in [3.63, 3.8) is 0 Å². The molecule has 1 saturated heterocycles. The fourth-order valence-corrected chi connectivity index (χ4v) is 2.13. The number of hydrogen-bond donors (Lipinski definition) is 2. The van der Waals surface area contributed by atoms with E-state index in [1.165, 1.54) is 0 Å². The Morgan fingerprint density at radius 3 is 2.82 bits per heavy atom. The number of nitrogens with zero attached hydrogens (tertiary/aromatic N) is 1. The molecule has 1 aliphatic rings.